The summed E-state index contributed by atoms with van der Waals surface area (Å²) < 4.78 is 1.15. The molecule has 0 N–H and O–H groups in total. The van der Waals surface area contributed by atoms with Gasteiger partial charge in [-0.15, -0.1) is 0 Å². The predicted molar refractivity (Wildman–Crippen MR) is 119 cm³/mol. The Kier molecular flexibility index (Phi) is 5.94. The maximum atomic E-state index is 10.5. The van der Waals surface area contributed by atoms with E-state index in [1.54, 1.807) is 0 Å². The van der Waals surface area contributed by atoms with E-state index in [-0.39, 0.29) is 0 Å². The van der Waals surface area contributed by atoms with Gasteiger partial charge in [0.15, 0.2) is 0 Å². The second-order valence-electron chi connectivity index (χ2n) is 9.51. The molecule has 2 heterocycles. The van der Waals surface area contributed by atoms with Crippen molar-refractivity contribution in [2.75, 3.05) is 13.6 Å². The van der Waals surface area contributed by atoms with Gasteiger partial charge in [-0.25, -0.2) is 0 Å². The minimum Gasteiger partial charge on any atom is -0.321 e. The average Bonchev–Trinajstić information content (AvgIpc) is 2.95. The Morgan fingerprint density at radius 2 is 1.43 bits per heavy atom. The summed E-state index contributed by atoms with van der Waals surface area (Å²) in [6, 6.07) is 27.2. The van der Waals surface area contributed by atoms with Crippen LogP contribution in [0.2, 0.25) is 0 Å². The summed E-state index contributed by atoms with van der Waals surface area (Å²) in [5.74, 6) is 0.560. The molecule has 0 spiro atoms. The van der Waals surface area contributed by atoms with Gasteiger partial charge < -0.3 is 4.48 Å². The van der Waals surface area contributed by atoms with E-state index in [1.165, 1.54) is 25.7 Å². The van der Waals surface area contributed by atoms with Crippen LogP contribution < -0.4 is 0 Å². The van der Waals surface area contributed by atoms with E-state index in [2.05, 4.69) is 67.7 Å². The van der Waals surface area contributed by atoms with Crippen molar-refractivity contribution >= 4 is 0 Å². The van der Waals surface area contributed by atoms with Crippen LogP contribution in [0.25, 0.3) is 0 Å². The van der Waals surface area contributed by atoms with Crippen LogP contribution in [0, 0.1) is 28.6 Å². The third kappa shape index (κ3) is 3.64. The van der Waals surface area contributed by atoms with Crippen molar-refractivity contribution in [2.24, 2.45) is 5.92 Å². The normalized spacial score (nSPS) is 27.9. The molecule has 3 nitrogen and oxygen atoms in total. The maximum Gasteiger partial charge on any atom is 0.107 e. The molecule has 3 heteroatoms. The Balaban J connectivity index is 1.60. The summed E-state index contributed by atoms with van der Waals surface area (Å²) in [5, 5.41) is 19.5. The second-order valence-corrected chi connectivity index (χ2v) is 9.51. The maximum absolute atomic E-state index is 10.5. The van der Waals surface area contributed by atoms with Crippen molar-refractivity contribution < 1.29 is 4.48 Å². The standard InChI is InChI=1S/C27H32N3/c1-30(17-9-8-16-28)25-14-15-26(30)19-22(18-25)20-27(21-29,23-10-4-2-5-11-23)24-12-6-3-7-13-24/h2-7,10-13,22,25-26H,8-9,14-15,17-20H2,1H3/q+1/t22-,25+,26-,30?. The summed E-state index contributed by atoms with van der Waals surface area (Å²) in [6.45, 7) is 1.12. The lowest BCUT2D eigenvalue weighted by Gasteiger charge is -2.48. The topological polar surface area (TPSA) is 47.6 Å². The minimum atomic E-state index is -0.589. The number of unbranched alkanes of at least 4 members (excludes halogenated alkanes) is 1. The summed E-state index contributed by atoms with van der Waals surface area (Å²) >= 11 is 0. The van der Waals surface area contributed by atoms with E-state index in [0.29, 0.717) is 24.4 Å². The van der Waals surface area contributed by atoms with E-state index in [9.17, 15) is 5.26 Å². The quantitative estimate of drug-likeness (QED) is 0.452. The second kappa shape index (κ2) is 8.63. The highest BCUT2D eigenvalue weighted by molar-refractivity contribution is 5.45. The highest BCUT2D eigenvalue weighted by atomic mass is 15.4. The van der Waals surface area contributed by atoms with Crippen molar-refractivity contribution in [1.29, 1.82) is 10.5 Å². The zero-order valence-corrected chi connectivity index (χ0v) is 18.0. The number of nitrogens with zero attached hydrogens (tertiary/aromatic N) is 3. The highest BCUT2D eigenvalue weighted by Crippen LogP contribution is 2.48. The summed E-state index contributed by atoms with van der Waals surface area (Å²) in [4.78, 5) is 0. The highest BCUT2D eigenvalue weighted by Gasteiger charge is 2.52. The van der Waals surface area contributed by atoms with Gasteiger partial charge >= 0.3 is 0 Å². The Morgan fingerprint density at radius 1 is 0.900 bits per heavy atom. The first-order chi connectivity index (χ1) is 14.6. The number of quaternary nitrogens is 1. The van der Waals surface area contributed by atoms with Gasteiger partial charge in [-0.2, -0.15) is 10.5 Å². The van der Waals surface area contributed by atoms with Gasteiger partial charge in [-0.3, -0.25) is 0 Å². The molecule has 1 unspecified atom stereocenters. The van der Waals surface area contributed by atoms with Crippen molar-refractivity contribution in [3.05, 3.63) is 71.8 Å². The van der Waals surface area contributed by atoms with E-state index < -0.39 is 5.41 Å². The van der Waals surface area contributed by atoms with Gasteiger partial charge in [-0.1, -0.05) is 60.7 Å². The molecule has 2 saturated heterocycles. The molecular formula is C27H32N3+. The number of rotatable bonds is 7. The van der Waals surface area contributed by atoms with E-state index >= 15 is 0 Å². The molecule has 0 radical (unpaired) electrons. The lowest BCUT2D eigenvalue weighted by molar-refractivity contribution is -0.949. The van der Waals surface area contributed by atoms with Gasteiger partial charge in [0.25, 0.3) is 0 Å². The smallest absolute Gasteiger partial charge is 0.107 e. The first-order valence-corrected chi connectivity index (χ1v) is 11.4. The number of benzene rings is 2. The molecule has 0 amide bonds. The number of nitriles is 2. The van der Waals surface area contributed by atoms with E-state index in [0.717, 1.165) is 35.0 Å². The molecule has 2 aromatic carbocycles. The third-order valence-corrected chi connectivity index (χ3v) is 7.96. The number of piperidine rings is 1. The van der Waals surface area contributed by atoms with Crippen LogP contribution in [0.5, 0.6) is 0 Å². The Morgan fingerprint density at radius 3 is 1.90 bits per heavy atom. The van der Waals surface area contributed by atoms with Crippen molar-refractivity contribution in [3.8, 4) is 12.1 Å². The fourth-order valence-corrected chi connectivity index (χ4v) is 6.34. The molecule has 4 rings (SSSR count). The van der Waals surface area contributed by atoms with E-state index in [4.69, 9.17) is 5.26 Å². The zero-order valence-electron chi connectivity index (χ0n) is 18.0. The molecule has 0 saturated carbocycles. The number of hydrogen-bond donors (Lipinski definition) is 0. The molecule has 30 heavy (non-hydrogen) atoms. The van der Waals surface area contributed by atoms with Gasteiger partial charge in [-0.05, 0) is 23.5 Å². The molecule has 2 aliphatic heterocycles. The first kappa shape index (κ1) is 20.6. The molecule has 2 bridgehead atoms. The lowest BCUT2D eigenvalue weighted by atomic mass is 9.67. The lowest BCUT2D eigenvalue weighted by Crippen LogP contribution is -2.58. The summed E-state index contributed by atoms with van der Waals surface area (Å²) in [5.41, 5.74) is 1.64. The van der Waals surface area contributed by atoms with Gasteiger partial charge in [0.2, 0.25) is 0 Å². The van der Waals surface area contributed by atoms with Gasteiger partial charge in [0.05, 0.1) is 37.8 Å². The van der Waals surface area contributed by atoms with Crippen molar-refractivity contribution in [2.45, 2.75) is 62.4 Å². The van der Waals surface area contributed by atoms with Crippen LogP contribution in [0.1, 0.15) is 56.1 Å². The van der Waals surface area contributed by atoms with Crippen LogP contribution in [-0.2, 0) is 5.41 Å². The van der Waals surface area contributed by atoms with Crippen molar-refractivity contribution in [1.82, 2.24) is 0 Å². The zero-order chi connectivity index (χ0) is 21.0. The molecule has 0 aliphatic carbocycles. The summed E-state index contributed by atoms with van der Waals surface area (Å²) in [6.07, 6.45) is 7.53. The Labute approximate surface area is 181 Å². The summed E-state index contributed by atoms with van der Waals surface area (Å²) in [7, 11) is 2.42. The molecular weight excluding hydrogens is 366 g/mol. The molecule has 4 atom stereocenters. The van der Waals surface area contributed by atoms with Crippen LogP contribution in [-0.4, -0.2) is 30.2 Å². The number of fused-ring (bicyclic) bond motifs is 2. The third-order valence-electron chi connectivity index (χ3n) is 7.96. The monoisotopic (exact) mass is 398 g/mol. The van der Waals surface area contributed by atoms with Gasteiger partial charge in [0.1, 0.15) is 5.41 Å². The van der Waals surface area contributed by atoms with Crippen LogP contribution in [0.4, 0.5) is 0 Å². The fraction of sp³-hybridized carbons (Fsp3) is 0.481. The molecule has 2 aliphatic rings. The van der Waals surface area contributed by atoms with E-state index in [1.807, 2.05) is 12.1 Å². The van der Waals surface area contributed by atoms with Crippen LogP contribution in [0.15, 0.2) is 60.7 Å². The Bertz CT molecular complexity index is 869. The minimum absolute atomic E-state index is 0.560. The molecule has 2 fully saturated rings. The number of hydrogen-bond acceptors (Lipinski definition) is 2. The van der Waals surface area contributed by atoms with Crippen molar-refractivity contribution in [3.63, 3.8) is 0 Å². The average molecular weight is 399 g/mol. The fourth-order valence-electron chi connectivity index (χ4n) is 6.34. The Hall–Kier alpha value is -2.62. The molecule has 0 aromatic heterocycles. The first-order valence-electron chi connectivity index (χ1n) is 11.4. The largest absolute Gasteiger partial charge is 0.321 e. The van der Waals surface area contributed by atoms with Gasteiger partial charge in [0, 0.05) is 38.5 Å². The molecule has 2 aromatic rings. The molecule has 154 valence electrons. The van der Waals surface area contributed by atoms with Crippen LogP contribution in [0.3, 0.4) is 0 Å². The predicted octanol–water partition coefficient (Wildman–Crippen LogP) is 5.58. The SMILES string of the molecule is C[N+]1(CCCC#N)[C@@H]2CC[C@H]1C[C@@H](CC(C#N)(c1ccccc1)c1ccccc1)C2. The van der Waals surface area contributed by atoms with Crippen LogP contribution >= 0.6 is 0 Å².